The molecule has 2 atom stereocenters. The Bertz CT molecular complexity index is 419. The number of ether oxygens (including phenoxy) is 2. The van der Waals surface area contributed by atoms with E-state index in [1.165, 1.54) is 17.5 Å². The van der Waals surface area contributed by atoms with Crippen molar-refractivity contribution in [3.05, 3.63) is 29.3 Å². The lowest BCUT2D eigenvalue weighted by atomic mass is 10.1. The molecule has 2 unspecified atom stereocenters. The van der Waals surface area contributed by atoms with E-state index in [0.29, 0.717) is 12.7 Å². The molecule has 3 heteroatoms. The first-order valence-corrected chi connectivity index (χ1v) is 7.76. The SMILES string of the molecule is CCCNCC1CCC(COc2cccc(C)c2C)O1. The van der Waals surface area contributed by atoms with E-state index in [2.05, 4.69) is 32.2 Å². The first-order valence-electron chi connectivity index (χ1n) is 7.76. The summed E-state index contributed by atoms with van der Waals surface area (Å²) >= 11 is 0. The molecule has 3 nitrogen and oxygen atoms in total. The monoisotopic (exact) mass is 277 g/mol. The third-order valence-corrected chi connectivity index (χ3v) is 3.97. The van der Waals surface area contributed by atoms with E-state index in [4.69, 9.17) is 9.47 Å². The van der Waals surface area contributed by atoms with Crippen LogP contribution < -0.4 is 10.1 Å². The summed E-state index contributed by atoms with van der Waals surface area (Å²) < 4.78 is 11.9. The predicted molar refractivity (Wildman–Crippen MR) is 82.5 cm³/mol. The van der Waals surface area contributed by atoms with Crippen LogP contribution in [0.15, 0.2) is 18.2 Å². The molecule has 112 valence electrons. The lowest BCUT2D eigenvalue weighted by Crippen LogP contribution is -2.28. The lowest BCUT2D eigenvalue weighted by molar-refractivity contribution is 0.0185. The van der Waals surface area contributed by atoms with Crippen LogP contribution in [0.1, 0.15) is 37.3 Å². The second-order valence-electron chi connectivity index (χ2n) is 5.67. The predicted octanol–water partition coefficient (Wildman–Crippen LogP) is 3.23. The van der Waals surface area contributed by atoms with Crippen LogP contribution in [0.4, 0.5) is 0 Å². The summed E-state index contributed by atoms with van der Waals surface area (Å²) in [7, 11) is 0. The van der Waals surface area contributed by atoms with E-state index in [9.17, 15) is 0 Å². The Morgan fingerprint density at radius 2 is 2.05 bits per heavy atom. The molecule has 1 heterocycles. The van der Waals surface area contributed by atoms with Gasteiger partial charge in [-0.25, -0.2) is 0 Å². The summed E-state index contributed by atoms with van der Waals surface area (Å²) in [6.45, 7) is 9.11. The largest absolute Gasteiger partial charge is 0.491 e. The highest BCUT2D eigenvalue weighted by Gasteiger charge is 2.25. The maximum atomic E-state index is 6.01. The molecule has 2 rings (SSSR count). The van der Waals surface area contributed by atoms with Crippen LogP contribution >= 0.6 is 0 Å². The minimum absolute atomic E-state index is 0.239. The van der Waals surface area contributed by atoms with Crippen LogP contribution in [-0.4, -0.2) is 31.9 Å². The Morgan fingerprint density at radius 1 is 1.25 bits per heavy atom. The van der Waals surface area contributed by atoms with Crippen LogP contribution in [0.3, 0.4) is 0 Å². The molecule has 1 aromatic rings. The molecule has 1 N–H and O–H groups in total. The zero-order valence-electron chi connectivity index (χ0n) is 12.9. The Labute approximate surface area is 122 Å². The molecule has 0 aliphatic carbocycles. The molecular weight excluding hydrogens is 250 g/mol. The third kappa shape index (κ3) is 4.22. The zero-order valence-corrected chi connectivity index (χ0v) is 12.9. The molecule has 1 aliphatic heterocycles. The molecular formula is C17H27NO2. The molecule has 0 saturated carbocycles. The molecule has 1 fully saturated rings. The fourth-order valence-electron chi connectivity index (χ4n) is 2.56. The smallest absolute Gasteiger partial charge is 0.122 e. The number of hydrogen-bond donors (Lipinski definition) is 1. The zero-order chi connectivity index (χ0) is 14.4. The van der Waals surface area contributed by atoms with Gasteiger partial charge in [0, 0.05) is 6.54 Å². The average Bonchev–Trinajstić information content (AvgIpc) is 2.89. The molecule has 0 aromatic heterocycles. The topological polar surface area (TPSA) is 30.5 Å². The number of benzene rings is 1. The van der Waals surface area contributed by atoms with E-state index in [-0.39, 0.29) is 6.10 Å². The molecule has 1 saturated heterocycles. The van der Waals surface area contributed by atoms with Crippen LogP contribution in [0, 0.1) is 13.8 Å². The molecule has 20 heavy (non-hydrogen) atoms. The van der Waals surface area contributed by atoms with E-state index in [1.54, 1.807) is 0 Å². The quantitative estimate of drug-likeness (QED) is 0.776. The Kier molecular flexibility index (Phi) is 5.86. The van der Waals surface area contributed by atoms with Gasteiger partial charge >= 0.3 is 0 Å². The van der Waals surface area contributed by atoms with E-state index in [1.807, 2.05) is 12.1 Å². The average molecular weight is 277 g/mol. The van der Waals surface area contributed by atoms with E-state index < -0.39 is 0 Å². The first kappa shape index (κ1) is 15.3. The summed E-state index contributed by atoms with van der Waals surface area (Å²) in [5.41, 5.74) is 2.50. The molecule has 0 amide bonds. The van der Waals surface area contributed by atoms with Gasteiger partial charge in [0.1, 0.15) is 12.4 Å². The second-order valence-corrected chi connectivity index (χ2v) is 5.67. The molecule has 1 aliphatic rings. The minimum atomic E-state index is 0.239. The van der Waals surface area contributed by atoms with Crippen molar-refractivity contribution < 1.29 is 9.47 Å². The van der Waals surface area contributed by atoms with Crippen molar-refractivity contribution in [2.24, 2.45) is 0 Å². The fraction of sp³-hybridized carbons (Fsp3) is 0.647. The van der Waals surface area contributed by atoms with Crippen molar-refractivity contribution in [2.45, 2.75) is 52.2 Å². The lowest BCUT2D eigenvalue weighted by Gasteiger charge is -2.16. The van der Waals surface area contributed by atoms with Gasteiger partial charge in [0.25, 0.3) is 0 Å². The van der Waals surface area contributed by atoms with Crippen LogP contribution in [0.5, 0.6) is 5.75 Å². The Morgan fingerprint density at radius 3 is 2.85 bits per heavy atom. The normalized spacial score (nSPS) is 22.1. The van der Waals surface area contributed by atoms with E-state index >= 15 is 0 Å². The van der Waals surface area contributed by atoms with Gasteiger partial charge < -0.3 is 14.8 Å². The van der Waals surface area contributed by atoms with Crippen molar-refractivity contribution in [1.82, 2.24) is 5.32 Å². The van der Waals surface area contributed by atoms with Gasteiger partial charge in [-0.15, -0.1) is 0 Å². The standard InChI is InChI=1S/C17H27NO2/c1-4-10-18-11-15-8-9-16(20-15)12-19-17-7-5-6-13(2)14(17)3/h5-7,15-16,18H,4,8-12H2,1-3H3. The van der Waals surface area contributed by atoms with Crippen LogP contribution in [0.25, 0.3) is 0 Å². The summed E-state index contributed by atoms with van der Waals surface area (Å²) in [5.74, 6) is 0.987. The van der Waals surface area contributed by atoms with Gasteiger partial charge in [-0.05, 0) is 56.8 Å². The van der Waals surface area contributed by atoms with Crippen molar-refractivity contribution >= 4 is 0 Å². The van der Waals surface area contributed by atoms with Gasteiger partial charge in [-0.3, -0.25) is 0 Å². The van der Waals surface area contributed by atoms with E-state index in [0.717, 1.165) is 31.7 Å². The van der Waals surface area contributed by atoms with Crippen LogP contribution in [-0.2, 0) is 4.74 Å². The second kappa shape index (κ2) is 7.65. The maximum absolute atomic E-state index is 6.01. The number of rotatable bonds is 7. The van der Waals surface area contributed by atoms with Crippen molar-refractivity contribution in [3.8, 4) is 5.75 Å². The highest BCUT2D eigenvalue weighted by molar-refractivity contribution is 5.38. The van der Waals surface area contributed by atoms with Gasteiger partial charge in [0.05, 0.1) is 12.2 Å². The maximum Gasteiger partial charge on any atom is 0.122 e. The molecule has 0 radical (unpaired) electrons. The van der Waals surface area contributed by atoms with Gasteiger partial charge in [-0.2, -0.15) is 0 Å². The van der Waals surface area contributed by atoms with Gasteiger partial charge in [0.2, 0.25) is 0 Å². The summed E-state index contributed by atoms with van der Waals surface area (Å²) in [4.78, 5) is 0. The third-order valence-electron chi connectivity index (χ3n) is 3.97. The van der Waals surface area contributed by atoms with Crippen LogP contribution in [0.2, 0.25) is 0 Å². The first-order chi connectivity index (χ1) is 9.70. The highest BCUT2D eigenvalue weighted by Crippen LogP contribution is 2.24. The van der Waals surface area contributed by atoms with Gasteiger partial charge in [0.15, 0.2) is 0 Å². The van der Waals surface area contributed by atoms with Crippen molar-refractivity contribution in [3.63, 3.8) is 0 Å². The molecule has 0 bridgehead atoms. The number of hydrogen-bond acceptors (Lipinski definition) is 3. The molecule has 0 spiro atoms. The molecule has 1 aromatic carbocycles. The Balaban J connectivity index is 1.74. The number of aryl methyl sites for hydroxylation is 1. The highest BCUT2D eigenvalue weighted by atomic mass is 16.5. The van der Waals surface area contributed by atoms with Crippen molar-refractivity contribution in [1.29, 1.82) is 0 Å². The minimum Gasteiger partial charge on any atom is -0.491 e. The summed E-state index contributed by atoms with van der Waals surface area (Å²) in [6, 6.07) is 6.20. The summed E-state index contributed by atoms with van der Waals surface area (Å²) in [6.07, 6.45) is 4.00. The fourth-order valence-corrected chi connectivity index (χ4v) is 2.56. The Hall–Kier alpha value is -1.06. The number of nitrogens with one attached hydrogen (secondary N) is 1. The summed E-state index contributed by atoms with van der Waals surface area (Å²) in [5, 5.41) is 3.42. The van der Waals surface area contributed by atoms with Gasteiger partial charge in [-0.1, -0.05) is 19.1 Å². The van der Waals surface area contributed by atoms with Crippen molar-refractivity contribution in [2.75, 3.05) is 19.7 Å².